The van der Waals surface area contributed by atoms with Crippen LogP contribution in [-0.4, -0.2) is 64.4 Å². The standard InChI is InChI=1S/C21H31N5O3/c1-21(2,3)29-20(27)26-7-5-6-14(10-26)25-19-17-16(15-8-13(15)11-28-4)9-22-18(17)23-12-24-19/h9,12-15H,5-8,10-11H2,1-4H3,(H2,22,23,24,25)/t13?,14-,15?/m1/s1. The Labute approximate surface area is 171 Å². The van der Waals surface area contributed by atoms with E-state index < -0.39 is 5.60 Å². The summed E-state index contributed by atoms with van der Waals surface area (Å²) in [6.45, 7) is 7.79. The molecule has 0 radical (unpaired) electrons. The molecule has 1 saturated heterocycles. The van der Waals surface area contributed by atoms with Crippen LogP contribution in [0.1, 0.15) is 51.5 Å². The minimum Gasteiger partial charge on any atom is -0.444 e. The van der Waals surface area contributed by atoms with Crippen molar-refractivity contribution in [2.45, 2.75) is 57.6 Å². The number of anilines is 1. The van der Waals surface area contributed by atoms with E-state index >= 15 is 0 Å². The van der Waals surface area contributed by atoms with Crippen LogP contribution in [0.5, 0.6) is 0 Å². The molecule has 4 rings (SSSR count). The number of nitrogens with one attached hydrogen (secondary N) is 2. The van der Waals surface area contributed by atoms with Crippen molar-refractivity contribution in [2.75, 3.05) is 32.1 Å². The topological polar surface area (TPSA) is 92.4 Å². The maximum atomic E-state index is 12.5. The number of carbonyl (C=O) groups is 1. The number of hydrogen-bond acceptors (Lipinski definition) is 6. The molecule has 8 heteroatoms. The first-order valence-electron chi connectivity index (χ1n) is 10.4. The average Bonchev–Trinajstić information content (AvgIpc) is 3.28. The van der Waals surface area contributed by atoms with Gasteiger partial charge >= 0.3 is 6.09 Å². The van der Waals surface area contributed by atoms with E-state index in [-0.39, 0.29) is 12.1 Å². The summed E-state index contributed by atoms with van der Waals surface area (Å²) < 4.78 is 10.9. The van der Waals surface area contributed by atoms with E-state index in [1.807, 2.05) is 20.8 Å². The largest absolute Gasteiger partial charge is 0.444 e. The quantitative estimate of drug-likeness (QED) is 0.796. The summed E-state index contributed by atoms with van der Waals surface area (Å²) in [5.41, 5.74) is 1.62. The molecule has 1 saturated carbocycles. The van der Waals surface area contributed by atoms with Crippen molar-refractivity contribution in [1.29, 1.82) is 0 Å². The lowest BCUT2D eigenvalue weighted by Crippen LogP contribution is -2.47. The number of amides is 1. The molecule has 3 heterocycles. The van der Waals surface area contributed by atoms with E-state index in [2.05, 4.69) is 26.5 Å². The fourth-order valence-electron chi connectivity index (χ4n) is 4.20. The van der Waals surface area contributed by atoms with Gasteiger partial charge in [0, 0.05) is 39.0 Å². The number of methoxy groups -OCH3 is 1. The highest BCUT2D eigenvalue weighted by Gasteiger charge is 2.40. The molecule has 2 unspecified atom stereocenters. The van der Waals surface area contributed by atoms with Gasteiger partial charge in [-0.15, -0.1) is 0 Å². The van der Waals surface area contributed by atoms with Crippen molar-refractivity contribution >= 4 is 22.9 Å². The third-order valence-corrected chi connectivity index (χ3v) is 5.62. The van der Waals surface area contributed by atoms with Crippen LogP contribution in [0.2, 0.25) is 0 Å². The zero-order valence-corrected chi connectivity index (χ0v) is 17.7. The Bertz CT molecular complexity index is 875. The number of fused-ring (bicyclic) bond motifs is 1. The Morgan fingerprint density at radius 2 is 2.21 bits per heavy atom. The number of rotatable bonds is 5. The number of hydrogen-bond donors (Lipinski definition) is 2. The third kappa shape index (κ3) is 4.47. The van der Waals surface area contributed by atoms with E-state index in [1.54, 1.807) is 18.3 Å². The van der Waals surface area contributed by atoms with Gasteiger partial charge in [-0.3, -0.25) is 0 Å². The Kier molecular flexibility index (Phi) is 5.38. The van der Waals surface area contributed by atoms with Gasteiger partial charge in [0.15, 0.2) is 0 Å². The van der Waals surface area contributed by atoms with Crippen LogP contribution >= 0.6 is 0 Å². The number of aromatic amines is 1. The van der Waals surface area contributed by atoms with Crippen LogP contribution in [0.25, 0.3) is 11.0 Å². The number of ether oxygens (including phenoxy) is 2. The molecule has 2 aromatic heterocycles. The first-order chi connectivity index (χ1) is 13.9. The first kappa shape index (κ1) is 19.9. The van der Waals surface area contributed by atoms with Crippen LogP contribution in [0.3, 0.4) is 0 Å². The highest BCUT2D eigenvalue weighted by atomic mass is 16.6. The summed E-state index contributed by atoms with van der Waals surface area (Å²) in [6.07, 6.45) is 6.44. The average molecular weight is 402 g/mol. The number of piperidine rings is 1. The molecule has 1 aliphatic carbocycles. The molecule has 8 nitrogen and oxygen atoms in total. The molecule has 2 fully saturated rings. The summed E-state index contributed by atoms with van der Waals surface area (Å²) in [7, 11) is 1.75. The molecule has 158 valence electrons. The molecule has 2 aromatic rings. The number of carbonyl (C=O) groups excluding carboxylic acids is 1. The number of aromatic nitrogens is 3. The van der Waals surface area contributed by atoms with Crippen LogP contribution in [0, 0.1) is 5.92 Å². The van der Waals surface area contributed by atoms with Gasteiger partial charge in [0.05, 0.1) is 5.39 Å². The smallest absolute Gasteiger partial charge is 0.410 e. The third-order valence-electron chi connectivity index (χ3n) is 5.62. The Balaban J connectivity index is 1.49. The fourth-order valence-corrected chi connectivity index (χ4v) is 4.20. The van der Waals surface area contributed by atoms with Crippen molar-refractivity contribution in [1.82, 2.24) is 19.9 Å². The molecular weight excluding hydrogens is 370 g/mol. The fraction of sp³-hybridized carbons (Fsp3) is 0.667. The van der Waals surface area contributed by atoms with Crippen LogP contribution in [0.15, 0.2) is 12.5 Å². The van der Waals surface area contributed by atoms with Crippen molar-refractivity contribution in [3.8, 4) is 0 Å². The maximum absolute atomic E-state index is 12.5. The zero-order chi connectivity index (χ0) is 20.6. The molecule has 3 atom stereocenters. The summed E-state index contributed by atoms with van der Waals surface area (Å²) >= 11 is 0. The summed E-state index contributed by atoms with van der Waals surface area (Å²) in [6, 6.07) is 0.131. The van der Waals surface area contributed by atoms with Gasteiger partial charge in [-0.05, 0) is 57.4 Å². The van der Waals surface area contributed by atoms with Crippen molar-refractivity contribution in [2.24, 2.45) is 5.92 Å². The SMILES string of the molecule is COCC1CC1c1c[nH]c2ncnc(N[C@@H]3CCCN(C(=O)OC(C)(C)C)C3)c12. The van der Waals surface area contributed by atoms with Gasteiger partial charge in [0.2, 0.25) is 0 Å². The summed E-state index contributed by atoms with van der Waals surface area (Å²) in [5.74, 6) is 1.88. The summed E-state index contributed by atoms with van der Waals surface area (Å²) in [4.78, 5) is 26.5. The van der Waals surface area contributed by atoms with E-state index in [9.17, 15) is 4.79 Å². The van der Waals surface area contributed by atoms with E-state index in [0.717, 1.165) is 49.3 Å². The molecule has 0 aromatic carbocycles. The minimum atomic E-state index is -0.487. The highest BCUT2D eigenvalue weighted by molar-refractivity contribution is 5.91. The van der Waals surface area contributed by atoms with Gasteiger partial charge in [-0.2, -0.15) is 0 Å². The molecule has 0 bridgehead atoms. The van der Waals surface area contributed by atoms with Crippen LogP contribution < -0.4 is 5.32 Å². The number of H-pyrrole nitrogens is 1. The molecule has 2 aliphatic rings. The second-order valence-corrected chi connectivity index (χ2v) is 9.16. The van der Waals surface area contributed by atoms with Gasteiger partial charge < -0.3 is 24.7 Å². The van der Waals surface area contributed by atoms with E-state index in [0.29, 0.717) is 18.4 Å². The highest BCUT2D eigenvalue weighted by Crippen LogP contribution is 2.50. The molecule has 29 heavy (non-hydrogen) atoms. The molecule has 1 amide bonds. The summed E-state index contributed by atoms with van der Waals surface area (Å²) in [5, 5.41) is 4.64. The van der Waals surface area contributed by atoms with Crippen LogP contribution in [0.4, 0.5) is 10.6 Å². The van der Waals surface area contributed by atoms with Gasteiger partial charge in [-0.1, -0.05) is 0 Å². The van der Waals surface area contributed by atoms with E-state index in [4.69, 9.17) is 9.47 Å². The van der Waals surface area contributed by atoms with Gasteiger partial charge in [0.1, 0.15) is 23.4 Å². The first-order valence-corrected chi connectivity index (χ1v) is 10.4. The Morgan fingerprint density at radius 3 is 2.97 bits per heavy atom. The molecule has 2 N–H and O–H groups in total. The Hall–Kier alpha value is -2.35. The lowest BCUT2D eigenvalue weighted by atomic mass is 10.1. The Morgan fingerprint density at radius 1 is 1.38 bits per heavy atom. The number of nitrogens with zero attached hydrogens (tertiary/aromatic N) is 3. The normalized spacial score (nSPS) is 24.6. The van der Waals surface area contributed by atoms with E-state index in [1.165, 1.54) is 5.56 Å². The lowest BCUT2D eigenvalue weighted by molar-refractivity contribution is 0.0206. The minimum absolute atomic E-state index is 0.131. The van der Waals surface area contributed by atoms with Crippen molar-refractivity contribution < 1.29 is 14.3 Å². The predicted molar refractivity (Wildman–Crippen MR) is 111 cm³/mol. The second-order valence-electron chi connectivity index (χ2n) is 9.16. The number of likely N-dealkylation sites (tertiary alicyclic amines) is 1. The molecule has 0 spiro atoms. The zero-order valence-electron chi connectivity index (χ0n) is 17.7. The lowest BCUT2D eigenvalue weighted by Gasteiger charge is -2.34. The van der Waals surface area contributed by atoms with Crippen molar-refractivity contribution in [3.63, 3.8) is 0 Å². The maximum Gasteiger partial charge on any atom is 0.410 e. The van der Waals surface area contributed by atoms with Crippen LogP contribution in [-0.2, 0) is 9.47 Å². The van der Waals surface area contributed by atoms with Gasteiger partial charge in [0.25, 0.3) is 0 Å². The predicted octanol–water partition coefficient (Wildman–Crippen LogP) is 3.52. The second kappa shape index (κ2) is 7.82. The van der Waals surface area contributed by atoms with Crippen molar-refractivity contribution in [3.05, 3.63) is 18.1 Å². The molecular formula is C21H31N5O3. The monoisotopic (exact) mass is 401 g/mol. The van der Waals surface area contributed by atoms with Gasteiger partial charge in [-0.25, -0.2) is 14.8 Å². The molecule has 1 aliphatic heterocycles.